The molecule has 0 radical (unpaired) electrons. The van der Waals surface area contributed by atoms with E-state index in [1.165, 1.54) is 31.2 Å². The van der Waals surface area contributed by atoms with Gasteiger partial charge in [-0.1, -0.05) is 0 Å². The number of carbonyl (C=O) groups is 1. The third-order valence-electron chi connectivity index (χ3n) is 3.60. The topological polar surface area (TPSA) is 45.2 Å². The van der Waals surface area contributed by atoms with Crippen molar-refractivity contribution in [3.05, 3.63) is 54.1 Å². The van der Waals surface area contributed by atoms with E-state index in [1.54, 1.807) is 0 Å². The van der Waals surface area contributed by atoms with Gasteiger partial charge in [-0.3, -0.25) is 4.79 Å². The molecule has 1 aliphatic heterocycles. The molecule has 3 rings (SSSR count). The summed E-state index contributed by atoms with van der Waals surface area (Å²) in [5.41, 5.74) is 1.74. The molecular formula is C16H16FN3O. The Morgan fingerprint density at radius 1 is 1.14 bits per heavy atom. The molecule has 0 saturated carbocycles. The third-order valence-corrected chi connectivity index (χ3v) is 3.60. The lowest BCUT2D eigenvalue weighted by atomic mass is 10.2. The average Bonchev–Trinajstić information content (AvgIpc) is 3.02. The van der Waals surface area contributed by atoms with Crippen molar-refractivity contribution in [3.8, 4) is 0 Å². The van der Waals surface area contributed by atoms with Crippen LogP contribution in [-0.4, -0.2) is 24.0 Å². The average molecular weight is 285 g/mol. The lowest BCUT2D eigenvalue weighted by Gasteiger charge is -2.17. The van der Waals surface area contributed by atoms with E-state index >= 15 is 0 Å². The molecule has 1 aliphatic rings. The standard InChI is InChI=1S/C16H16FN3O/c17-15-14(4-3-9-18-15)16(21)19-12-5-7-13(8-6-12)20-10-1-2-11-20/h3-9H,1-2,10-11H2,(H,19,21). The molecule has 0 atom stereocenters. The van der Waals surface area contributed by atoms with Crippen LogP contribution in [0.15, 0.2) is 42.6 Å². The van der Waals surface area contributed by atoms with Gasteiger partial charge in [-0.25, -0.2) is 4.98 Å². The predicted octanol–water partition coefficient (Wildman–Crippen LogP) is 3.07. The molecule has 1 fully saturated rings. The van der Waals surface area contributed by atoms with E-state index in [0.29, 0.717) is 5.69 Å². The zero-order chi connectivity index (χ0) is 14.7. The summed E-state index contributed by atoms with van der Waals surface area (Å²) in [5, 5.41) is 2.68. The number of amides is 1. The van der Waals surface area contributed by atoms with Crippen LogP contribution in [0, 0.1) is 5.95 Å². The fraction of sp³-hybridized carbons (Fsp3) is 0.250. The summed E-state index contributed by atoms with van der Waals surface area (Å²) < 4.78 is 13.4. The van der Waals surface area contributed by atoms with E-state index in [-0.39, 0.29) is 5.56 Å². The summed E-state index contributed by atoms with van der Waals surface area (Å²) >= 11 is 0. The van der Waals surface area contributed by atoms with Crippen molar-refractivity contribution < 1.29 is 9.18 Å². The highest BCUT2D eigenvalue weighted by molar-refractivity contribution is 6.04. The molecule has 21 heavy (non-hydrogen) atoms. The molecular weight excluding hydrogens is 269 g/mol. The Bertz CT molecular complexity index is 636. The molecule has 0 unspecified atom stereocenters. The lowest BCUT2D eigenvalue weighted by molar-refractivity contribution is 0.102. The van der Waals surface area contributed by atoms with Gasteiger partial charge < -0.3 is 10.2 Å². The minimum atomic E-state index is -0.760. The Kier molecular flexibility index (Phi) is 3.81. The fourth-order valence-corrected chi connectivity index (χ4v) is 2.48. The van der Waals surface area contributed by atoms with Crippen LogP contribution in [0.25, 0.3) is 0 Å². The minimum absolute atomic E-state index is 0.0545. The summed E-state index contributed by atoms with van der Waals surface area (Å²) in [7, 11) is 0. The highest BCUT2D eigenvalue weighted by atomic mass is 19.1. The molecule has 1 N–H and O–H groups in total. The molecule has 1 amide bonds. The first-order valence-corrected chi connectivity index (χ1v) is 7.01. The maximum absolute atomic E-state index is 13.4. The summed E-state index contributed by atoms with van der Waals surface area (Å²) in [6.07, 6.45) is 3.76. The number of nitrogens with zero attached hydrogens (tertiary/aromatic N) is 2. The van der Waals surface area contributed by atoms with Gasteiger partial charge in [0.1, 0.15) is 0 Å². The number of nitrogens with one attached hydrogen (secondary N) is 1. The quantitative estimate of drug-likeness (QED) is 0.881. The first kappa shape index (κ1) is 13.5. The Labute approximate surface area is 122 Å². The second-order valence-electron chi connectivity index (χ2n) is 5.04. The van der Waals surface area contributed by atoms with Gasteiger partial charge in [-0.2, -0.15) is 4.39 Å². The Hall–Kier alpha value is -2.43. The van der Waals surface area contributed by atoms with E-state index in [9.17, 15) is 9.18 Å². The summed E-state index contributed by atoms with van der Waals surface area (Å²) in [5.74, 6) is -1.25. The highest BCUT2D eigenvalue weighted by Gasteiger charge is 2.14. The molecule has 0 bridgehead atoms. The minimum Gasteiger partial charge on any atom is -0.372 e. The van der Waals surface area contributed by atoms with Gasteiger partial charge in [0.2, 0.25) is 5.95 Å². The molecule has 0 aliphatic carbocycles. The SMILES string of the molecule is O=C(Nc1ccc(N2CCCC2)cc1)c1cccnc1F. The molecule has 5 heteroatoms. The van der Waals surface area contributed by atoms with E-state index in [1.807, 2.05) is 24.3 Å². The number of pyridine rings is 1. The monoisotopic (exact) mass is 285 g/mol. The van der Waals surface area contributed by atoms with Crippen LogP contribution in [0.5, 0.6) is 0 Å². The van der Waals surface area contributed by atoms with Crippen molar-refractivity contribution in [2.45, 2.75) is 12.8 Å². The van der Waals surface area contributed by atoms with Crippen molar-refractivity contribution >= 4 is 17.3 Å². The number of aromatic nitrogens is 1. The predicted molar refractivity (Wildman–Crippen MR) is 80.0 cm³/mol. The third kappa shape index (κ3) is 3.02. The largest absolute Gasteiger partial charge is 0.372 e. The molecule has 2 aromatic rings. The molecule has 1 aromatic heterocycles. The first-order chi connectivity index (χ1) is 10.2. The molecule has 2 heterocycles. The second-order valence-corrected chi connectivity index (χ2v) is 5.04. The Balaban J connectivity index is 1.70. The fourth-order valence-electron chi connectivity index (χ4n) is 2.48. The van der Waals surface area contributed by atoms with E-state index in [0.717, 1.165) is 18.8 Å². The molecule has 1 aromatic carbocycles. The smallest absolute Gasteiger partial charge is 0.260 e. The van der Waals surface area contributed by atoms with Crippen LogP contribution in [0.1, 0.15) is 23.2 Å². The first-order valence-electron chi connectivity index (χ1n) is 7.01. The number of benzene rings is 1. The molecule has 4 nitrogen and oxygen atoms in total. The van der Waals surface area contributed by atoms with Crippen LogP contribution in [0.2, 0.25) is 0 Å². The van der Waals surface area contributed by atoms with Crippen molar-refractivity contribution in [1.29, 1.82) is 0 Å². The van der Waals surface area contributed by atoms with Crippen LogP contribution in [-0.2, 0) is 0 Å². The van der Waals surface area contributed by atoms with Gasteiger partial charge in [0.05, 0.1) is 5.56 Å². The number of anilines is 2. The van der Waals surface area contributed by atoms with Crippen molar-refractivity contribution in [1.82, 2.24) is 4.98 Å². The number of carbonyl (C=O) groups excluding carboxylic acids is 1. The van der Waals surface area contributed by atoms with Crippen molar-refractivity contribution in [2.24, 2.45) is 0 Å². The Morgan fingerprint density at radius 3 is 2.52 bits per heavy atom. The maximum Gasteiger partial charge on any atom is 0.260 e. The number of hydrogen-bond donors (Lipinski definition) is 1. The van der Waals surface area contributed by atoms with Crippen LogP contribution in [0.3, 0.4) is 0 Å². The number of rotatable bonds is 3. The summed E-state index contributed by atoms with van der Waals surface area (Å²) in [4.78, 5) is 17.8. The van der Waals surface area contributed by atoms with E-state index < -0.39 is 11.9 Å². The van der Waals surface area contributed by atoms with E-state index in [4.69, 9.17) is 0 Å². The van der Waals surface area contributed by atoms with E-state index in [2.05, 4.69) is 15.2 Å². The normalized spacial score (nSPS) is 14.2. The van der Waals surface area contributed by atoms with Gasteiger partial charge in [0, 0.05) is 30.7 Å². The highest BCUT2D eigenvalue weighted by Crippen LogP contribution is 2.22. The molecule has 108 valence electrons. The molecule has 0 spiro atoms. The number of halogens is 1. The van der Waals surface area contributed by atoms with Gasteiger partial charge >= 0.3 is 0 Å². The van der Waals surface area contributed by atoms with Gasteiger partial charge in [0.25, 0.3) is 5.91 Å². The zero-order valence-electron chi connectivity index (χ0n) is 11.6. The van der Waals surface area contributed by atoms with Gasteiger partial charge in [0.15, 0.2) is 0 Å². The summed E-state index contributed by atoms with van der Waals surface area (Å²) in [6, 6.07) is 10.6. The van der Waals surface area contributed by atoms with Crippen molar-refractivity contribution in [2.75, 3.05) is 23.3 Å². The van der Waals surface area contributed by atoms with Gasteiger partial charge in [-0.05, 0) is 49.2 Å². The summed E-state index contributed by atoms with van der Waals surface area (Å²) in [6.45, 7) is 2.15. The van der Waals surface area contributed by atoms with Crippen molar-refractivity contribution in [3.63, 3.8) is 0 Å². The molecule has 1 saturated heterocycles. The number of hydrogen-bond acceptors (Lipinski definition) is 3. The van der Waals surface area contributed by atoms with Crippen LogP contribution < -0.4 is 10.2 Å². The maximum atomic E-state index is 13.4. The van der Waals surface area contributed by atoms with Crippen LogP contribution >= 0.6 is 0 Å². The van der Waals surface area contributed by atoms with Crippen LogP contribution in [0.4, 0.5) is 15.8 Å². The Morgan fingerprint density at radius 2 is 1.86 bits per heavy atom. The second kappa shape index (κ2) is 5.91. The van der Waals surface area contributed by atoms with Gasteiger partial charge in [-0.15, -0.1) is 0 Å². The lowest BCUT2D eigenvalue weighted by Crippen LogP contribution is -2.18. The zero-order valence-corrected chi connectivity index (χ0v) is 11.6.